The van der Waals surface area contributed by atoms with Gasteiger partial charge < -0.3 is 19.5 Å². The molecule has 1 aliphatic rings. The Labute approximate surface area is 104 Å². The fraction of sp³-hybridized carbons (Fsp3) is 0.500. The molecular weight excluding hydrogens is 238 g/mol. The van der Waals surface area contributed by atoms with E-state index in [4.69, 9.17) is 14.6 Å². The van der Waals surface area contributed by atoms with Crippen LogP contribution in [-0.2, 0) is 0 Å². The summed E-state index contributed by atoms with van der Waals surface area (Å²) in [4.78, 5) is 24.3. The van der Waals surface area contributed by atoms with E-state index in [-0.39, 0.29) is 29.8 Å². The normalized spacial score (nSPS) is 19.8. The van der Waals surface area contributed by atoms with Gasteiger partial charge in [-0.05, 0) is 18.8 Å². The molecule has 6 nitrogen and oxygen atoms in total. The van der Waals surface area contributed by atoms with Gasteiger partial charge in [-0.15, -0.1) is 0 Å². The third-order valence-electron chi connectivity index (χ3n) is 3.12. The van der Waals surface area contributed by atoms with Gasteiger partial charge in [-0.25, -0.2) is 4.79 Å². The monoisotopic (exact) mass is 253 g/mol. The number of rotatable bonds is 3. The molecule has 1 atom stereocenters. The number of aromatic carboxylic acids is 1. The number of aliphatic hydroxyl groups excluding tert-OH is 1. The van der Waals surface area contributed by atoms with Gasteiger partial charge in [0, 0.05) is 25.8 Å². The van der Waals surface area contributed by atoms with Crippen molar-refractivity contribution in [3.8, 4) is 0 Å². The predicted octanol–water partition coefficient (Wildman–Crippen LogP) is 0.822. The molecule has 98 valence electrons. The largest absolute Gasteiger partial charge is 0.478 e. The van der Waals surface area contributed by atoms with Crippen molar-refractivity contribution in [2.75, 3.05) is 19.7 Å². The van der Waals surface area contributed by atoms with E-state index in [1.54, 1.807) is 4.90 Å². The van der Waals surface area contributed by atoms with Crippen LogP contribution in [0.3, 0.4) is 0 Å². The molecule has 1 aromatic rings. The number of hydrogen-bond donors (Lipinski definition) is 2. The van der Waals surface area contributed by atoms with Gasteiger partial charge in [0.1, 0.15) is 6.26 Å². The summed E-state index contributed by atoms with van der Waals surface area (Å²) in [6.45, 7) is 1.15. The van der Waals surface area contributed by atoms with Crippen molar-refractivity contribution in [1.82, 2.24) is 4.90 Å². The number of aliphatic hydroxyl groups is 1. The fourth-order valence-corrected chi connectivity index (χ4v) is 2.11. The van der Waals surface area contributed by atoms with Gasteiger partial charge in [-0.3, -0.25) is 4.79 Å². The first-order valence-corrected chi connectivity index (χ1v) is 5.83. The fourth-order valence-electron chi connectivity index (χ4n) is 2.11. The lowest BCUT2D eigenvalue weighted by Gasteiger charge is -2.31. The van der Waals surface area contributed by atoms with Gasteiger partial charge in [0.25, 0.3) is 5.91 Å². The van der Waals surface area contributed by atoms with Crippen LogP contribution < -0.4 is 0 Å². The van der Waals surface area contributed by atoms with E-state index in [1.807, 2.05) is 0 Å². The molecule has 0 aromatic carbocycles. The lowest BCUT2D eigenvalue weighted by atomic mass is 9.99. The Bertz CT molecular complexity index is 453. The van der Waals surface area contributed by atoms with Gasteiger partial charge in [0.15, 0.2) is 5.76 Å². The number of carbonyl (C=O) groups excluding carboxylic acids is 1. The number of carboxylic acids is 1. The van der Waals surface area contributed by atoms with Crippen molar-refractivity contribution < 1.29 is 24.2 Å². The number of nitrogens with zero attached hydrogens (tertiary/aromatic N) is 1. The third-order valence-corrected chi connectivity index (χ3v) is 3.12. The summed E-state index contributed by atoms with van der Waals surface area (Å²) in [5, 5.41) is 17.9. The third kappa shape index (κ3) is 2.53. The molecule has 0 spiro atoms. The number of piperidine rings is 1. The maximum Gasteiger partial charge on any atom is 0.338 e. The Balaban J connectivity index is 2.07. The van der Waals surface area contributed by atoms with E-state index in [2.05, 4.69) is 0 Å². The van der Waals surface area contributed by atoms with Crippen LogP contribution >= 0.6 is 0 Å². The lowest BCUT2D eigenvalue weighted by molar-refractivity contribution is 0.0589. The molecule has 1 aliphatic heterocycles. The van der Waals surface area contributed by atoms with Crippen LogP contribution in [0.2, 0.25) is 0 Å². The molecule has 1 fully saturated rings. The van der Waals surface area contributed by atoms with Gasteiger partial charge in [0.2, 0.25) is 0 Å². The second-order valence-corrected chi connectivity index (χ2v) is 4.45. The zero-order valence-corrected chi connectivity index (χ0v) is 9.83. The van der Waals surface area contributed by atoms with Crippen molar-refractivity contribution in [3.63, 3.8) is 0 Å². The summed E-state index contributed by atoms with van der Waals surface area (Å²) in [5.41, 5.74) is -0.0333. The molecule has 6 heteroatoms. The van der Waals surface area contributed by atoms with Crippen molar-refractivity contribution in [3.05, 3.63) is 23.7 Å². The first kappa shape index (κ1) is 12.6. The standard InChI is InChI=1S/C12H15NO5/c14-6-8-2-1-3-13(5-8)11(15)10-4-9(7-18-10)12(16)17/h4,7-8,14H,1-3,5-6H2,(H,16,17). The van der Waals surface area contributed by atoms with Gasteiger partial charge in [-0.1, -0.05) is 0 Å². The minimum absolute atomic E-state index is 0.0333. The topological polar surface area (TPSA) is 91.0 Å². The van der Waals surface area contributed by atoms with E-state index in [1.165, 1.54) is 6.07 Å². The highest BCUT2D eigenvalue weighted by Crippen LogP contribution is 2.19. The second-order valence-electron chi connectivity index (χ2n) is 4.45. The van der Waals surface area contributed by atoms with Crippen LogP contribution in [0.5, 0.6) is 0 Å². The van der Waals surface area contributed by atoms with E-state index in [0.717, 1.165) is 19.1 Å². The highest BCUT2D eigenvalue weighted by molar-refractivity contribution is 5.95. The average molecular weight is 253 g/mol. The van der Waals surface area contributed by atoms with Gasteiger partial charge in [0.05, 0.1) is 5.56 Å². The predicted molar refractivity (Wildman–Crippen MR) is 61.4 cm³/mol. The zero-order chi connectivity index (χ0) is 13.1. The summed E-state index contributed by atoms with van der Waals surface area (Å²) >= 11 is 0. The molecule has 1 aromatic heterocycles. The Morgan fingerprint density at radius 1 is 1.50 bits per heavy atom. The van der Waals surface area contributed by atoms with Crippen molar-refractivity contribution in [2.24, 2.45) is 5.92 Å². The summed E-state index contributed by atoms with van der Waals surface area (Å²) < 4.78 is 4.98. The first-order valence-electron chi connectivity index (χ1n) is 5.83. The summed E-state index contributed by atoms with van der Waals surface area (Å²) in [5.74, 6) is -1.31. The van der Waals surface area contributed by atoms with E-state index in [0.29, 0.717) is 13.1 Å². The second kappa shape index (κ2) is 5.22. The molecule has 1 saturated heterocycles. The van der Waals surface area contributed by atoms with Gasteiger partial charge >= 0.3 is 5.97 Å². The van der Waals surface area contributed by atoms with E-state index >= 15 is 0 Å². The number of furan rings is 1. The number of amides is 1. The number of carboxylic acid groups (broad SMARTS) is 1. The maximum atomic E-state index is 12.1. The van der Waals surface area contributed by atoms with Crippen LogP contribution in [0.4, 0.5) is 0 Å². The highest BCUT2D eigenvalue weighted by Gasteiger charge is 2.26. The van der Waals surface area contributed by atoms with Gasteiger partial charge in [-0.2, -0.15) is 0 Å². The lowest BCUT2D eigenvalue weighted by Crippen LogP contribution is -2.40. The number of likely N-dealkylation sites (tertiary alicyclic amines) is 1. The van der Waals surface area contributed by atoms with E-state index in [9.17, 15) is 9.59 Å². The van der Waals surface area contributed by atoms with Crippen LogP contribution in [-0.4, -0.2) is 46.7 Å². The Morgan fingerprint density at radius 2 is 2.28 bits per heavy atom. The van der Waals surface area contributed by atoms with Crippen molar-refractivity contribution in [2.45, 2.75) is 12.8 Å². The molecule has 2 heterocycles. The summed E-state index contributed by atoms with van der Waals surface area (Å²) in [6.07, 6.45) is 2.80. The molecule has 1 unspecified atom stereocenters. The van der Waals surface area contributed by atoms with Crippen molar-refractivity contribution >= 4 is 11.9 Å². The van der Waals surface area contributed by atoms with Crippen LogP contribution in [0, 0.1) is 5.92 Å². The summed E-state index contributed by atoms with van der Waals surface area (Å²) in [6, 6.07) is 1.23. The van der Waals surface area contributed by atoms with Crippen LogP contribution in [0.15, 0.2) is 16.7 Å². The smallest absolute Gasteiger partial charge is 0.338 e. The summed E-state index contributed by atoms with van der Waals surface area (Å²) in [7, 11) is 0. The molecule has 0 radical (unpaired) electrons. The highest BCUT2D eigenvalue weighted by atomic mass is 16.4. The molecule has 1 amide bonds. The molecule has 2 rings (SSSR count). The molecular formula is C12H15NO5. The average Bonchev–Trinajstić information content (AvgIpc) is 2.87. The minimum Gasteiger partial charge on any atom is -0.478 e. The SMILES string of the molecule is O=C(O)c1coc(C(=O)N2CCCC(CO)C2)c1. The Kier molecular flexibility index (Phi) is 3.66. The molecule has 0 bridgehead atoms. The quantitative estimate of drug-likeness (QED) is 0.832. The van der Waals surface area contributed by atoms with Crippen LogP contribution in [0.25, 0.3) is 0 Å². The maximum absolute atomic E-state index is 12.1. The molecule has 18 heavy (non-hydrogen) atoms. The minimum atomic E-state index is -1.12. The Hall–Kier alpha value is -1.82. The van der Waals surface area contributed by atoms with Crippen LogP contribution in [0.1, 0.15) is 33.8 Å². The molecule has 2 N–H and O–H groups in total. The Morgan fingerprint density at radius 3 is 2.89 bits per heavy atom. The number of hydrogen-bond acceptors (Lipinski definition) is 4. The molecule has 0 saturated carbocycles. The zero-order valence-electron chi connectivity index (χ0n) is 9.83. The van der Waals surface area contributed by atoms with E-state index < -0.39 is 5.97 Å². The molecule has 0 aliphatic carbocycles. The number of carbonyl (C=O) groups is 2. The first-order chi connectivity index (χ1) is 8.61. The van der Waals surface area contributed by atoms with Crippen molar-refractivity contribution in [1.29, 1.82) is 0 Å².